The van der Waals surface area contributed by atoms with Gasteiger partial charge in [0.05, 0.1) is 6.04 Å². The van der Waals surface area contributed by atoms with Gasteiger partial charge in [0.25, 0.3) is 0 Å². The fraction of sp³-hybridized carbons (Fsp3) is 0.143. The van der Waals surface area contributed by atoms with Crippen molar-refractivity contribution in [3.05, 3.63) is 64.7 Å². The number of nitrogens with two attached hydrogens (primary N) is 1. The first-order valence-electron chi connectivity index (χ1n) is 5.49. The monoisotopic (exact) mass is 246 g/mol. The second-order valence-corrected chi connectivity index (χ2v) is 4.34. The second-order valence-electron chi connectivity index (χ2n) is 3.91. The van der Waals surface area contributed by atoms with Gasteiger partial charge in [-0.3, -0.25) is 0 Å². The van der Waals surface area contributed by atoms with Crippen molar-refractivity contribution in [2.75, 3.05) is 12.8 Å². The van der Waals surface area contributed by atoms with Gasteiger partial charge in [-0.25, -0.2) is 0 Å². The average molecular weight is 247 g/mol. The lowest BCUT2D eigenvalue weighted by Crippen LogP contribution is -2.18. The van der Waals surface area contributed by atoms with Gasteiger partial charge in [-0.2, -0.15) is 0 Å². The molecular formula is C14H15ClN2. The van der Waals surface area contributed by atoms with Gasteiger partial charge in [0.15, 0.2) is 0 Å². The lowest BCUT2D eigenvalue weighted by molar-refractivity contribution is 0.694. The Balaban J connectivity index is 2.46. The molecule has 2 aromatic rings. The summed E-state index contributed by atoms with van der Waals surface area (Å²) in [6.07, 6.45) is 0. The Hall–Kier alpha value is -1.51. The molecule has 2 rings (SSSR count). The molecule has 0 aromatic heterocycles. The number of benzene rings is 2. The van der Waals surface area contributed by atoms with Crippen LogP contribution in [0.5, 0.6) is 0 Å². The van der Waals surface area contributed by atoms with Crippen molar-refractivity contribution in [2.24, 2.45) is 0 Å². The molecule has 1 atom stereocenters. The minimum Gasteiger partial charge on any atom is -0.398 e. The molecule has 88 valence electrons. The molecule has 0 unspecified atom stereocenters. The van der Waals surface area contributed by atoms with E-state index in [0.717, 1.165) is 11.3 Å². The number of nitrogens with one attached hydrogen (secondary N) is 1. The van der Waals surface area contributed by atoms with Crippen molar-refractivity contribution in [2.45, 2.75) is 6.04 Å². The quantitative estimate of drug-likeness (QED) is 0.816. The number of halogens is 1. The largest absolute Gasteiger partial charge is 0.398 e. The first-order valence-corrected chi connectivity index (χ1v) is 5.87. The van der Waals surface area contributed by atoms with Crippen LogP contribution in [0.2, 0.25) is 5.02 Å². The molecule has 0 heterocycles. The van der Waals surface area contributed by atoms with E-state index in [1.807, 2.05) is 37.4 Å². The van der Waals surface area contributed by atoms with Crippen LogP contribution < -0.4 is 11.1 Å². The van der Waals surface area contributed by atoms with E-state index >= 15 is 0 Å². The Morgan fingerprint density at radius 1 is 1.12 bits per heavy atom. The Kier molecular flexibility index (Phi) is 3.67. The molecule has 2 aromatic carbocycles. The van der Waals surface area contributed by atoms with Crippen LogP contribution in [-0.4, -0.2) is 7.05 Å². The molecule has 0 aliphatic heterocycles. The summed E-state index contributed by atoms with van der Waals surface area (Å²) >= 11 is 6.02. The highest BCUT2D eigenvalue weighted by atomic mass is 35.5. The fourth-order valence-electron chi connectivity index (χ4n) is 1.94. The van der Waals surface area contributed by atoms with E-state index in [2.05, 4.69) is 17.4 Å². The first kappa shape index (κ1) is 12.0. The molecule has 17 heavy (non-hydrogen) atoms. The highest BCUT2D eigenvalue weighted by molar-refractivity contribution is 6.30. The minimum absolute atomic E-state index is 0.0647. The van der Waals surface area contributed by atoms with E-state index in [4.69, 9.17) is 17.3 Å². The zero-order valence-corrected chi connectivity index (χ0v) is 10.4. The SMILES string of the molecule is CN[C@H](c1ccccc1)c1cc(Cl)ccc1N. The van der Waals surface area contributed by atoms with Crippen LogP contribution in [0.25, 0.3) is 0 Å². The molecule has 3 N–H and O–H groups in total. The Morgan fingerprint density at radius 2 is 1.82 bits per heavy atom. The maximum absolute atomic E-state index is 6.02. The number of rotatable bonds is 3. The van der Waals surface area contributed by atoms with Crippen LogP contribution in [0.3, 0.4) is 0 Å². The lowest BCUT2D eigenvalue weighted by atomic mass is 9.97. The molecule has 0 spiro atoms. The van der Waals surface area contributed by atoms with Crippen molar-refractivity contribution in [1.82, 2.24) is 5.32 Å². The molecule has 3 heteroatoms. The third-order valence-corrected chi connectivity index (χ3v) is 3.02. The van der Waals surface area contributed by atoms with Gasteiger partial charge in [0.2, 0.25) is 0 Å². The molecule has 0 saturated heterocycles. The van der Waals surface area contributed by atoms with Crippen LogP contribution in [-0.2, 0) is 0 Å². The normalized spacial score (nSPS) is 12.4. The number of hydrogen-bond acceptors (Lipinski definition) is 2. The van der Waals surface area contributed by atoms with E-state index < -0.39 is 0 Å². The fourth-order valence-corrected chi connectivity index (χ4v) is 2.12. The molecule has 0 fully saturated rings. The Labute approximate surface area is 106 Å². The van der Waals surface area contributed by atoms with Crippen molar-refractivity contribution in [3.63, 3.8) is 0 Å². The van der Waals surface area contributed by atoms with Crippen LogP contribution in [0.15, 0.2) is 48.5 Å². The van der Waals surface area contributed by atoms with Crippen molar-refractivity contribution >= 4 is 17.3 Å². The van der Waals surface area contributed by atoms with Crippen molar-refractivity contribution < 1.29 is 0 Å². The topological polar surface area (TPSA) is 38.0 Å². The van der Waals surface area contributed by atoms with Crippen molar-refractivity contribution in [1.29, 1.82) is 0 Å². The second kappa shape index (κ2) is 5.21. The van der Waals surface area contributed by atoms with E-state index in [1.54, 1.807) is 6.07 Å². The number of hydrogen-bond donors (Lipinski definition) is 2. The van der Waals surface area contributed by atoms with Crippen LogP contribution in [0, 0.1) is 0 Å². The zero-order chi connectivity index (χ0) is 12.3. The van der Waals surface area contributed by atoms with Gasteiger partial charge in [0, 0.05) is 10.7 Å². The minimum atomic E-state index is 0.0647. The predicted octanol–water partition coefficient (Wildman–Crippen LogP) is 3.23. The van der Waals surface area contributed by atoms with Gasteiger partial charge in [-0.1, -0.05) is 41.9 Å². The molecule has 0 amide bonds. The smallest absolute Gasteiger partial charge is 0.0595 e. The van der Waals surface area contributed by atoms with Crippen molar-refractivity contribution in [3.8, 4) is 0 Å². The first-order chi connectivity index (χ1) is 8.22. The van der Waals surface area contributed by atoms with Crippen LogP contribution in [0.4, 0.5) is 5.69 Å². The van der Waals surface area contributed by atoms with Gasteiger partial charge in [0.1, 0.15) is 0 Å². The molecule has 0 aliphatic rings. The van der Waals surface area contributed by atoms with Gasteiger partial charge < -0.3 is 11.1 Å². The van der Waals surface area contributed by atoms with Crippen LogP contribution >= 0.6 is 11.6 Å². The third-order valence-electron chi connectivity index (χ3n) is 2.78. The summed E-state index contributed by atoms with van der Waals surface area (Å²) < 4.78 is 0. The van der Waals surface area contributed by atoms with Gasteiger partial charge >= 0.3 is 0 Å². The summed E-state index contributed by atoms with van der Waals surface area (Å²) in [5, 5.41) is 3.96. The van der Waals surface area contributed by atoms with Crippen LogP contribution in [0.1, 0.15) is 17.2 Å². The highest BCUT2D eigenvalue weighted by Crippen LogP contribution is 2.28. The molecule has 2 nitrogen and oxygen atoms in total. The third kappa shape index (κ3) is 2.60. The molecular weight excluding hydrogens is 232 g/mol. The number of nitrogen functional groups attached to an aromatic ring is 1. The Morgan fingerprint density at radius 3 is 2.47 bits per heavy atom. The summed E-state index contributed by atoms with van der Waals surface area (Å²) in [6.45, 7) is 0. The number of anilines is 1. The summed E-state index contributed by atoms with van der Waals surface area (Å²) in [4.78, 5) is 0. The van der Waals surface area contributed by atoms with E-state index in [9.17, 15) is 0 Å². The maximum atomic E-state index is 6.02. The molecule has 0 saturated carbocycles. The lowest BCUT2D eigenvalue weighted by Gasteiger charge is -2.19. The summed E-state index contributed by atoms with van der Waals surface area (Å²) in [5.41, 5.74) is 8.93. The standard InChI is InChI=1S/C14H15ClN2/c1-17-14(10-5-3-2-4-6-10)12-9-11(15)7-8-13(12)16/h2-9,14,17H,16H2,1H3/t14-/m1/s1. The van der Waals surface area contributed by atoms with E-state index in [1.165, 1.54) is 5.56 Å². The average Bonchev–Trinajstić information content (AvgIpc) is 2.36. The molecule has 0 radical (unpaired) electrons. The summed E-state index contributed by atoms with van der Waals surface area (Å²) in [7, 11) is 1.91. The Bertz CT molecular complexity index is 497. The maximum Gasteiger partial charge on any atom is 0.0595 e. The highest BCUT2D eigenvalue weighted by Gasteiger charge is 2.14. The van der Waals surface area contributed by atoms with E-state index in [0.29, 0.717) is 5.02 Å². The predicted molar refractivity (Wildman–Crippen MR) is 73.2 cm³/mol. The van der Waals surface area contributed by atoms with Gasteiger partial charge in [-0.15, -0.1) is 0 Å². The van der Waals surface area contributed by atoms with Gasteiger partial charge in [-0.05, 0) is 36.4 Å². The zero-order valence-electron chi connectivity index (χ0n) is 9.65. The summed E-state index contributed by atoms with van der Waals surface area (Å²) in [5.74, 6) is 0. The molecule has 0 aliphatic carbocycles. The van der Waals surface area contributed by atoms with E-state index in [-0.39, 0.29) is 6.04 Å². The summed E-state index contributed by atoms with van der Waals surface area (Å²) in [6, 6.07) is 15.8. The molecule has 0 bridgehead atoms.